The van der Waals surface area contributed by atoms with Gasteiger partial charge in [-0.3, -0.25) is 9.69 Å². The third-order valence-electron chi connectivity index (χ3n) is 5.75. The molecule has 3 N–H and O–H groups in total. The molecule has 1 fully saturated rings. The Hall–Kier alpha value is -2.75. The lowest BCUT2D eigenvalue weighted by molar-refractivity contribution is -0.00485. The molecule has 0 radical (unpaired) electrons. The van der Waals surface area contributed by atoms with E-state index in [2.05, 4.69) is 9.97 Å². The lowest BCUT2D eigenvalue weighted by atomic mass is 10.1. The van der Waals surface area contributed by atoms with Crippen LogP contribution in [0.25, 0.3) is 5.57 Å². The Kier molecular flexibility index (Phi) is 6.56. The number of halogens is 2. The van der Waals surface area contributed by atoms with Gasteiger partial charge in [0.05, 0.1) is 41.2 Å². The highest BCUT2D eigenvalue weighted by atomic mass is 35.5. The molecule has 10 heteroatoms. The molecule has 33 heavy (non-hydrogen) atoms. The minimum atomic E-state index is -0.484. The maximum Gasteiger partial charge on any atom is 0.258 e. The molecule has 2 aliphatic rings. The number of aliphatic hydroxyl groups excluding tert-OH is 1. The summed E-state index contributed by atoms with van der Waals surface area (Å²) in [5, 5.41) is 10.00. The summed E-state index contributed by atoms with van der Waals surface area (Å²) in [7, 11) is 0. The molecule has 0 saturated carbocycles. The molecule has 1 atom stereocenters. The van der Waals surface area contributed by atoms with Gasteiger partial charge in [-0.15, -0.1) is 0 Å². The summed E-state index contributed by atoms with van der Waals surface area (Å²) in [6.07, 6.45) is -0.611. The van der Waals surface area contributed by atoms with Gasteiger partial charge in [0, 0.05) is 37.0 Å². The van der Waals surface area contributed by atoms with Crippen LogP contribution in [-0.2, 0) is 0 Å². The molecule has 176 valence electrons. The number of nitrogens with zero attached hydrogens (tertiary/aromatic N) is 4. The van der Waals surface area contributed by atoms with Crippen molar-refractivity contribution in [3.05, 3.63) is 57.5 Å². The van der Waals surface area contributed by atoms with Gasteiger partial charge >= 0.3 is 0 Å². The van der Waals surface area contributed by atoms with E-state index in [1.165, 1.54) is 18.2 Å². The van der Waals surface area contributed by atoms with E-state index in [-0.39, 0.29) is 36.4 Å². The summed E-state index contributed by atoms with van der Waals surface area (Å²) >= 11 is 6.18. The first kappa shape index (κ1) is 23.4. The Morgan fingerprint density at radius 1 is 1.30 bits per heavy atom. The third-order valence-corrected chi connectivity index (χ3v) is 6.30. The van der Waals surface area contributed by atoms with Crippen molar-refractivity contribution in [1.82, 2.24) is 19.8 Å². The van der Waals surface area contributed by atoms with Crippen LogP contribution in [0, 0.1) is 19.7 Å². The molecule has 1 saturated heterocycles. The predicted octanol–water partition coefficient (Wildman–Crippen LogP) is 2.16. The molecule has 1 unspecified atom stereocenters. The Morgan fingerprint density at radius 3 is 2.61 bits per heavy atom. The number of aromatic nitrogens is 2. The van der Waals surface area contributed by atoms with E-state index >= 15 is 0 Å². The number of likely N-dealkylation sites (tertiary alicyclic amines) is 1. The fourth-order valence-electron chi connectivity index (χ4n) is 4.08. The standard InChI is InChI=1S/C23H27ClFN5O3/c1-12(31)7-29-8-16(9-29)33-20-6-15(25)4-5-17(20)23(32)30-10-18(19(26)11-30)22-27-13(2)21(24)14(3)28-22/h4-6,12,16,31H,7-11,26H2,1-3H3. The third kappa shape index (κ3) is 4.95. The lowest BCUT2D eigenvalue weighted by Gasteiger charge is -2.39. The number of nitrogens with two attached hydrogens (primary N) is 1. The second-order valence-corrected chi connectivity index (χ2v) is 9.02. The van der Waals surface area contributed by atoms with Crippen LogP contribution >= 0.6 is 11.6 Å². The van der Waals surface area contributed by atoms with Gasteiger partial charge in [-0.25, -0.2) is 14.4 Å². The lowest BCUT2D eigenvalue weighted by Crippen LogP contribution is -2.55. The zero-order valence-electron chi connectivity index (χ0n) is 18.8. The molecule has 2 aromatic rings. The maximum atomic E-state index is 14.0. The van der Waals surface area contributed by atoms with E-state index in [1.54, 1.807) is 25.7 Å². The van der Waals surface area contributed by atoms with Gasteiger partial charge in [0.1, 0.15) is 17.7 Å². The molecule has 0 bridgehead atoms. The van der Waals surface area contributed by atoms with Crippen molar-refractivity contribution in [3.8, 4) is 5.75 Å². The van der Waals surface area contributed by atoms with Gasteiger partial charge in [-0.2, -0.15) is 0 Å². The van der Waals surface area contributed by atoms with E-state index in [4.69, 9.17) is 22.1 Å². The van der Waals surface area contributed by atoms with Crippen molar-refractivity contribution in [3.63, 3.8) is 0 Å². The van der Waals surface area contributed by atoms with Crippen molar-refractivity contribution in [1.29, 1.82) is 0 Å². The average Bonchev–Trinajstić information content (AvgIpc) is 3.11. The predicted molar refractivity (Wildman–Crippen MR) is 122 cm³/mol. The summed E-state index contributed by atoms with van der Waals surface area (Å²) in [6.45, 7) is 7.49. The van der Waals surface area contributed by atoms with Crippen molar-refractivity contribution in [2.45, 2.75) is 33.0 Å². The number of β-amino-alcohol motifs (C(OH)–C–C–N with tert-alkyl or cyclic N) is 1. The summed E-state index contributed by atoms with van der Waals surface area (Å²) in [5.74, 6) is -0.152. The number of benzene rings is 1. The highest BCUT2D eigenvalue weighted by molar-refractivity contribution is 6.31. The molecule has 3 heterocycles. The SMILES string of the molecule is Cc1nc(C2=C(N)CN(C(=O)c3ccc(F)cc3OC3CN(CC(C)O)C3)C2)nc(C)c1Cl. The van der Waals surface area contributed by atoms with Crippen molar-refractivity contribution in [2.75, 3.05) is 32.7 Å². The first-order valence-corrected chi connectivity index (χ1v) is 11.1. The molecular formula is C23H27ClFN5O3. The minimum absolute atomic E-state index is 0.178. The average molecular weight is 476 g/mol. The molecule has 4 rings (SSSR count). The smallest absolute Gasteiger partial charge is 0.258 e. The number of carbonyl (C=O) groups is 1. The number of aliphatic hydroxyl groups is 1. The van der Waals surface area contributed by atoms with Crippen LogP contribution in [0.5, 0.6) is 5.75 Å². The monoisotopic (exact) mass is 475 g/mol. The molecule has 2 aliphatic heterocycles. The van der Waals surface area contributed by atoms with Gasteiger partial charge in [-0.05, 0) is 32.9 Å². The van der Waals surface area contributed by atoms with Crippen LogP contribution in [-0.4, -0.2) is 75.7 Å². The highest BCUT2D eigenvalue weighted by Crippen LogP contribution is 2.30. The Balaban J connectivity index is 1.49. The minimum Gasteiger partial charge on any atom is -0.487 e. The Bertz CT molecular complexity index is 1090. The number of rotatable bonds is 6. The number of carbonyl (C=O) groups excluding carboxylic acids is 1. The summed E-state index contributed by atoms with van der Waals surface area (Å²) < 4.78 is 19.9. The molecule has 1 aromatic heterocycles. The van der Waals surface area contributed by atoms with Crippen LogP contribution in [0.4, 0.5) is 4.39 Å². The Labute approximate surface area is 196 Å². The molecule has 0 aliphatic carbocycles. The van der Waals surface area contributed by atoms with Crippen molar-refractivity contribution >= 4 is 23.1 Å². The first-order chi connectivity index (χ1) is 15.6. The van der Waals surface area contributed by atoms with Gasteiger partial charge in [0.2, 0.25) is 0 Å². The van der Waals surface area contributed by atoms with E-state index in [0.717, 1.165) is 0 Å². The number of aryl methyl sites for hydroxylation is 2. The van der Waals surface area contributed by atoms with E-state index in [9.17, 15) is 14.3 Å². The van der Waals surface area contributed by atoms with E-state index in [1.807, 2.05) is 4.90 Å². The van der Waals surface area contributed by atoms with Crippen molar-refractivity contribution in [2.24, 2.45) is 5.73 Å². The first-order valence-electron chi connectivity index (χ1n) is 10.8. The van der Waals surface area contributed by atoms with Crippen LogP contribution < -0.4 is 10.5 Å². The van der Waals surface area contributed by atoms with Crippen molar-refractivity contribution < 1.29 is 19.0 Å². The largest absolute Gasteiger partial charge is 0.487 e. The zero-order chi connectivity index (χ0) is 23.9. The zero-order valence-corrected chi connectivity index (χ0v) is 19.6. The summed E-state index contributed by atoms with van der Waals surface area (Å²) in [4.78, 5) is 25.8. The van der Waals surface area contributed by atoms with Crippen LogP contribution in [0.2, 0.25) is 5.02 Å². The number of hydrogen-bond donors (Lipinski definition) is 2. The van der Waals surface area contributed by atoms with Gasteiger partial charge in [0.15, 0.2) is 5.82 Å². The number of hydrogen-bond acceptors (Lipinski definition) is 7. The van der Waals surface area contributed by atoms with Crippen LogP contribution in [0.15, 0.2) is 23.9 Å². The number of amides is 1. The topological polar surface area (TPSA) is 105 Å². The second-order valence-electron chi connectivity index (χ2n) is 8.64. The highest BCUT2D eigenvalue weighted by Gasteiger charge is 2.33. The molecule has 1 amide bonds. The molecule has 1 aromatic carbocycles. The molecule has 0 spiro atoms. The molecular weight excluding hydrogens is 449 g/mol. The fraction of sp³-hybridized carbons (Fsp3) is 0.435. The van der Waals surface area contributed by atoms with Gasteiger partial charge in [0.25, 0.3) is 5.91 Å². The van der Waals surface area contributed by atoms with Crippen LogP contribution in [0.3, 0.4) is 0 Å². The molecule has 8 nitrogen and oxygen atoms in total. The second kappa shape index (κ2) is 9.24. The maximum absolute atomic E-state index is 14.0. The normalized spacial score (nSPS) is 17.9. The van der Waals surface area contributed by atoms with E-state index in [0.29, 0.717) is 53.1 Å². The van der Waals surface area contributed by atoms with E-state index < -0.39 is 11.9 Å². The Morgan fingerprint density at radius 2 is 1.97 bits per heavy atom. The quantitative estimate of drug-likeness (QED) is 0.659. The fourth-order valence-corrected chi connectivity index (χ4v) is 4.17. The van der Waals surface area contributed by atoms with Gasteiger partial charge < -0.3 is 20.5 Å². The summed E-state index contributed by atoms with van der Waals surface area (Å²) in [6, 6.07) is 3.90. The number of ether oxygens (including phenoxy) is 1. The summed E-state index contributed by atoms with van der Waals surface area (Å²) in [5.41, 5.74) is 8.96. The van der Waals surface area contributed by atoms with Crippen LogP contribution in [0.1, 0.15) is 34.5 Å². The van der Waals surface area contributed by atoms with Gasteiger partial charge in [-0.1, -0.05) is 11.6 Å².